The molecule has 3 heteroatoms. The Bertz CT molecular complexity index is 387. The van der Waals surface area contributed by atoms with Crippen LogP contribution in [0.5, 0.6) is 0 Å². The van der Waals surface area contributed by atoms with Crippen LogP contribution in [-0.2, 0) is 6.42 Å². The number of piperidine rings is 1. The van der Waals surface area contributed by atoms with Crippen molar-refractivity contribution in [1.82, 2.24) is 4.90 Å². The third kappa shape index (κ3) is 1.91. The molecule has 2 bridgehead atoms. The smallest absolute Gasteiger partial charge is 0.122 e. The number of nitrogens with zero attached hydrogens (tertiary/aromatic N) is 1. The van der Waals surface area contributed by atoms with Gasteiger partial charge in [-0.3, -0.25) is 4.90 Å². The molecule has 0 aromatic carbocycles. The van der Waals surface area contributed by atoms with Crippen LogP contribution in [0.1, 0.15) is 43.7 Å². The molecule has 1 aromatic rings. The summed E-state index contributed by atoms with van der Waals surface area (Å²) in [6.45, 7) is 4.01. The van der Waals surface area contributed by atoms with Crippen molar-refractivity contribution in [3.8, 4) is 0 Å². The van der Waals surface area contributed by atoms with E-state index in [1.165, 1.54) is 25.8 Å². The molecule has 1 aliphatic heterocycles. The molecule has 2 fully saturated rings. The predicted molar refractivity (Wildman–Crippen MR) is 67.7 cm³/mol. The van der Waals surface area contributed by atoms with E-state index >= 15 is 0 Å². The number of aryl methyl sites for hydroxylation is 1. The van der Waals surface area contributed by atoms with Gasteiger partial charge in [0.05, 0.1) is 6.04 Å². The SMILES string of the molecule is CCc1ccc(C(CN)N2CC3CCC2C3)o1. The lowest BCUT2D eigenvalue weighted by atomic mass is 10.1. The first-order chi connectivity index (χ1) is 8.31. The molecule has 1 saturated heterocycles. The third-order valence-electron chi connectivity index (χ3n) is 4.43. The maximum absolute atomic E-state index is 5.97. The fraction of sp³-hybridized carbons (Fsp3) is 0.714. The summed E-state index contributed by atoms with van der Waals surface area (Å²) < 4.78 is 5.88. The largest absolute Gasteiger partial charge is 0.464 e. The molecule has 2 aliphatic rings. The molecule has 3 unspecified atom stereocenters. The summed E-state index contributed by atoms with van der Waals surface area (Å²) in [5, 5.41) is 0. The molecule has 94 valence electrons. The van der Waals surface area contributed by atoms with E-state index < -0.39 is 0 Å². The highest BCUT2D eigenvalue weighted by atomic mass is 16.3. The molecule has 0 spiro atoms. The zero-order valence-electron chi connectivity index (χ0n) is 10.6. The first-order valence-corrected chi connectivity index (χ1v) is 6.86. The molecule has 3 nitrogen and oxygen atoms in total. The number of furan rings is 1. The Morgan fingerprint density at radius 3 is 2.88 bits per heavy atom. The van der Waals surface area contributed by atoms with Crippen LogP contribution >= 0.6 is 0 Å². The average molecular weight is 234 g/mol. The standard InChI is InChI=1S/C14H22N2O/c1-2-12-5-6-14(17-12)13(8-15)16-9-10-3-4-11(16)7-10/h5-6,10-11,13H,2-4,7-9,15H2,1H3. The molecule has 3 rings (SSSR count). The van der Waals surface area contributed by atoms with Crippen molar-refractivity contribution in [3.05, 3.63) is 23.7 Å². The van der Waals surface area contributed by atoms with Crippen molar-refractivity contribution in [1.29, 1.82) is 0 Å². The van der Waals surface area contributed by atoms with Gasteiger partial charge in [0.25, 0.3) is 0 Å². The Morgan fingerprint density at radius 1 is 1.47 bits per heavy atom. The van der Waals surface area contributed by atoms with Crippen molar-refractivity contribution < 1.29 is 4.42 Å². The van der Waals surface area contributed by atoms with E-state index in [2.05, 4.69) is 24.0 Å². The minimum absolute atomic E-state index is 0.297. The lowest BCUT2D eigenvalue weighted by Crippen LogP contribution is -2.39. The van der Waals surface area contributed by atoms with Crippen molar-refractivity contribution in [2.45, 2.75) is 44.7 Å². The first kappa shape index (κ1) is 11.3. The van der Waals surface area contributed by atoms with Gasteiger partial charge in [-0.15, -0.1) is 0 Å². The topological polar surface area (TPSA) is 42.4 Å². The molecule has 2 heterocycles. The van der Waals surface area contributed by atoms with Gasteiger partial charge in [0, 0.05) is 25.6 Å². The molecule has 0 radical (unpaired) electrons. The molecule has 1 aromatic heterocycles. The van der Waals surface area contributed by atoms with Crippen molar-refractivity contribution in [2.75, 3.05) is 13.1 Å². The fourth-order valence-corrected chi connectivity index (χ4v) is 3.52. The second-order valence-electron chi connectivity index (χ2n) is 5.44. The molecular weight excluding hydrogens is 212 g/mol. The molecule has 1 saturated carbocycles. The highest BCUT2D eigenvalue weighted by Crippen LogP contribution is 2.41. The van der Waals surface area contributed by atoms with E-state index in [9.17, 15) is 0 Å². The van der Waals surface area contributed by atoms with Gasteiger partial charge in [0.1, 0.15) is 11.5 Å². The third-order valence-corrected chi connectivity index (χ3v) is 4.43. The molecule has 1 aliphatic carbocycles. The quantitative estimate of drug-likeness (QED) is 0.869. The summed E-state index contributed by atoms with van der Waals surface area (Å²) in [5.74, 6) is 3.05. The molecule has 0 amide bonds. The minimum Gasteiger partial charge on any atom is -0.464 e. The summed E-state index contributed by atoms with van der Waals surface area (Å²) in [4.78, 5) is 2.58. The van der Waals surface area contributed by atoms with E-state index in [0.29, 0.717) is 12.6 Å². The van der Waals surface area contributed by atoms with Crippen molar-refractivity contribution in [3.63, 3.8) is 0 Å². The van der Waals surface area contributed by atoms with Crippen LogP contribution in [0.15, 0.2) is 16.5 Å². The fourth-order valence-electron chi connectivity index (χ4n) is 3.52. The average Bonchev–Trinajstić information content (AvgIpc) is 3.05. The number of nitrogens with two attached hydrogens (primary N) is 1. The van der Waals surface area contributed by atoms with Gasteiger partial charge >= 0.3 is 0 Å². The van der Waals surface area contributed by atoms with Gasteiger partial charge in [-0.1, -0.05) is 6.92 Å². The van der Waals surface area contributed by atoms with E-state index in [0.717, 1.165) is 29.9 Å². The Kier molecular flexibility index (Phi) is 2.97. The zero-order valence-corrected chi connectivity index (χ0v) is 10.6. The summed E-state index contributed by atoms with van der Waals surface area (Å²) in [5.41, 5.74) is 5.97. The van der Waals surface area contributed by atoms with Crippen molar-refractivity contribution >= 4 is 0 Å². The van der Waals surface area contributed by atoms with Gasteiger partial charge in [-0.05, 0) is 37.3 Å². The normalized spacial score (nSPS) is 30.0. The Balaban J connectivity index is 1.79. The highest BCUT2D eigenvalue weighted by molar-refractivity contribution is 5.13. The summed E-state index contributed by atoms with van der Waals surface area (Å²) in [6.07, 6.45) is 5.10. The lowest BCUT2D eigenvalue weighted by Gasteiger charge is -2.33. The van der Waals surface area contributed by atoms with Crippen LogP contribution in [0.2, 0.25) is 0 Å². The van der Waals surface area contributed by atoms with E-state index in [1.807, 2.05) is 0 Å². The van der Waals surface area contributed by atoms with Gasteiger partial charge < -0.3 is 10.2 Å². The summed E-state index contributed by atoms with van der Waals surface area (Å²) in [7, 11) is 0. The number of hydrogen-bond acceptors (Lipinski definition) is 3. The maximum atomic E-state index is 5.97. The van der Waals surface area contributed by atoms with E-state index in [4.69, 9.17) is 10.2 Å². The van der Waals surface area contributed by atoms with Crippen LogP contribution < -0.4 is 5.73 Å². The molecule has 2 N–H and O–H groups in total. The molecule has 3 atom stereocenters. The maximum Gasteiger partial charge on any atom is 0.122 e. The summed E-state index contributed by atoms with van der Waals surface area (Å²) >= 11 is 0. The second kappa shape index (κ2) is 4.46. The van der Waals surface area contributed by atoms with Gasteiger partial charge in [-0.2, -0.15) is 0 Å². The minimum atomic E-state index is 0.297. The molecule has 17 heavy (non-hydrogen) atoms. The van der Waals surface area contributed by atoms with Crippen LogP contribution in [0.3, 0.4) is 0 Å². The van der Waals surface area contributed by atoms with Crippen LogP contribution in [-0.4, -0.2) is 24.0 Å². The lowest BCUT2D eigenvalue weighted by molar-refractivity contribution is 0.135. The Labute approximate surface area is 103 Å². The highest BCUT2D eigenvalue weighted by Gasteiger charge is 2.41. The van der Waals surface area contributed by atoms with Gasteiger partial charge in [0.15, 0.2) is 0 Å². The van der Waals surface area contributed by atoms with Gasteiger partial charge in [0.2, 0.25) is 0 Å². The molecular formula is C14H22N2O. The Hall–Kier alpha value is -0.800. The zero-order chi connectivity index (χ0) is 11.8. The van der Waals surface area contributed by atoms with Gasteiger partial charge in [-0.25, -0.2) is 0 Å². The number of fused-ring (bicyclic) bond motifs is 2. The van der Waals surface area contributed by atoms with Crippen LogP contribution in [0, 0.1) is 5.92 Å². The van der Waals surface area contributed by atoms with E-state index in [1.54, 1.807) is 0 Å². The van der Waals surface area contributed by atoms with Crippen LogP contribution in [0.4, 0.5) is 0 Å². The van der Waals surface area contributed by atoms with Crippen molar-refractivity contribution in [2.24, 2.45) is 11.7 Å². The van der Waals surface area contributed by atoms with E-state index in [-0.39, 0.29) is 0 Å². The Morgan fingerprint density at radius 2 is 2.35 bits per heavy atom. The summed E-state index contributed by atoms with van der Waals surface area (Å²) in [6, 6.07) is 5.25. The number of likely N-dealkylation sites (tertiary alicyclic amines) is 1. The number of hydrogen-bond donors (Lipinski definition) is 1. The first-order valence-electron chi connectivity index (χ1n) is 6.86. The second-order valence-corrected chi connectivity index (χ2v) is 5.44. The number of rotatable bonds is 4. The van der Waals surface area contributed by atoms with Crippen LogP contribution in [0.25, 0.3) is 0 Å². The monoisotopic (exact) mass is 234 g/mol. The predicted octanol–water partition coefficient (Wildman–Crippen LogP) is 2.33.